The van der Waals surface area contributed by atoms with Crippen molar-refractivity contribution in [3.8, 4) is 11.1 Å². The highest BCUT2D eigenvalue weighted by atomic mass is 32.2. The Labute approximate surface area is 170 Å². The molecule has 0 aliphatic carbocycles. The van der Waals surface area contributed by atoms with Crippen LogP contribution in [0.2, 0.25) is 0 Å². The topological polar surface area (TPSA) is 49.3 Å². The van der Waals surface area contributed by atoms with Crippen LogP contribution in [0.25, 0.3) is 11.1 Å². The van der Waals surface area contributed by atoms with Crippen LogP contribution in [0.5, 0.6) is 0 Å². The second kappa shape index (κ2) is 9.09. The average Bonchev–Trinajstić information content (AvgIpc) is 2.75. The van der Waals surface area contributed by atoms with E-state index in [4.69, 9.17) is 0 Å². The van der Waals surface area contributed by atoms with E-state index < -0.39 is 5.41 Å². The van der Waals surface area contributed by atoms with Gasteiger partial charge < -0.3 is 10.4 Å². The van der Waals surface area contributed by atoms with Crippen LogP contribution in [0.15, 0.2) is 88.7 Å². The zero-order chi connectivity index (χ0) is 20.0. The summed E-state index contributed by atoms with van der Waals surface area (Å²) in [6.07, 6.45) is 0.586. The van der Waals surface area contributed by atoms with E-state index in [2.05, 4.69) is 41.7 Å². The van der Waals surface area contributed by atoms with Gasteiger partial charge in [0.2, 0.25) is 5.91 Å². The molecule has 0 bridgehead atoms. The van der Waals surface area contributed by atoms with E-state index >= 15 is 0 Å². The summed E-state index contributed by atoms with van der Waals surface area (Å²) < 4.78 is 0. The first-order valence-corrected chi connectivity index (χ1v) is 10.2. The maximum Gasteiger partial charge on any atom is 0.232 e. The number of hydrogen-bond acceptors (Lipinski definition) is 3. The third kappa shape index (κ3) is 4.83. The molecule has 1 amide bonds. The molecule has 0 aromatic heterocycles. The minimum absolute atomic E-state index is 0.158. The summed E-state index contributed by atoms with van der Waals surface area (Å²) >= 11 is 1.68. The molecular weight excluding hydrogens is 366 g/mol. The second-order valence-corrected chi connectivity index (χ2v) is 8.19. The van der Waals surface area contributed by atoms with E-state index in [9.17, 15) is 9.90 Å². The molecule has 0 saturated heterocycles. The van der Waals surface area contributed by atoms with Gasteiger partial charge in [0.1, 0.15) is 0 Å². The number of carbonyl (C=O) groups is 1. The fraction of sp³-hybridized carbons (Fsp3) is 0.208. The molecule has 0 saturated carbocycles. The van der Waals surface area contributed by atoms with E-state index in [1.54, 1.807) is 18.7 Å². The van der Waals surface area contributed by atoms with Gasteiger partial charge in [-0.15, -0.1) is 0 Å². The van der Waals surface area contributed by atoms with Crippen molar-refractivity contribution in [2.24, 2.45) is 5.41 Å². The standard InChI is InChI=1S/C24H25NO2S/c1-3-24(2,17-26)23(27)25-20-11-15-22(16-12-20)28-21-13-9-19(10-14-21)18-7-5-4-6-8-18/h4-16,26H,3,17H2,1-2H3,(H,25,27)/t24-/m0/s1. The molecule has 0 aliphatic rings. The predicted molar refractivity (Wildman–Crippen MR) is 117 cm³/mol. The monoisotopic (exact) mass is 391 g/mol. The average molecular weight is 392 g/mol. The van der Waals surface area contributed by atoms with E-state index in [1.165, 1.54) is 11.1 Å². The summed E-state index contributed by atoms with van der Waals surface area (Å²) in [5.41, 5.74) is 2.39. The summed E-state index contributed by atoms with van der Waals surface area (Å²) in [6.45, 7) is 3.51. The van der Waals surface area contributed by atoms with Crippen LogP contribution < -0.4 is 5.32 Å². The molecule has 3 nitrogen and oxygen atoms in total. The van der Waals surface area contributed by atoms with Crippen LogP contribution in [0.3, 0.4) is 0 Å². The first-order valence-electron chi connectivity index (χ1n) is 9.40. The smallest absolute Gasteiger partial charge is 0.232 e. The van der Waals surface area contributed by atoms with Gasteiger partial charge in [0, 0.05) is 15.5 Å². The van der Waals surface area contributed by atoms with Gasteiger partial charge in [0.05, 0.1) is 12.0 Å². The van der Waals surface area contributed by atoms with Crippen LogP contribution in [0.1, 0.15) is 20.3 Å². The normalized spacial score (nSPS) is 13.0. The summed E-state index contributed by atoms with van der Waals surface area (Å²) in [6, 6.07) is 26.6. The summed E-state index contributed by atoms with van der Waals surface area (Å²) in [4.78, 5) is 14.6. The van der Waals surface area contributed by atoms with Crippen LogP contribution in [0.4, 0.5) is 5.69 Å². The largest absolute Gasteiger partial charge is 0.395 e. The lowest BCUT2D eigenvalue weighted by Gasteiger charge is -2.24. The van der Waals surface area contributed by atoms with Crippen LogP contribution in [-0.4, -0.2) is 17.6 Å². The fourth-order valence-electron chi connectivity index (χ4n) is 2.71. The van der Waals surface area contributed by atoms with Gasteiger partial charge in [-0.25, -0.2) is 0 Å². The van der Waals surface area contributed by atoms with Crippen LogP contribution in [-0.2, 0) is 4.79 Å². The van der Waals surface area contributed by atoms with Gasteiger partial charge in [-0.05, 0) is 60.9 Å². The summed E-state index contributed by atoms with van der Waals surface area (Å²) in [7, 11) is 0. The maximum atomic E-state index is 12.3. The van der Waals surface area contributed by atoms with Gasteiger partial charge in [-0.3, -0.25) is 4.79 Å². The minimum atomic E-state index is -0.756. The molecule has 28 heavy (non-hydrogen) atoms. The van der Waals surface area contributed by atoms with Crippen molar-refractivity contribution < 1.29 is 9.90 Å². The third-order valence-corrected chi connectivity index (χ3v) is 6.00. The van der Waals surface area contributed by atoms with Crippen molar-refractivity contribution >= 4 is 23.4 Å². The molecule has 0 aliphatic heterocycles. The Morgan fingerprint density at radius 2 is 1.43 bits per heavy atom. The lowest BCUT2D eigenvalue weighted by atomic mass is 9.87. The van der Waals surface area contributed by atoms with Gasteiger partial charge >= 0.3 is 0 Å². The molecule has 0 heterocycles. The molecule has 144 valence electrons. The zero-order valence-corrected chi connectivity index (χ0v) is 17.0. The van der Waals surface area contributed by atoms with Gasteiger partial charge in [0.15, 0.2) is 0 Å². The highest BCUT2D eigenvalue weighted by Crippen LogP contribution is 2.31. The molecular formula is C24H25NO2S. The van der Waals surface area contributed by atoms with Crippen molar-refractivity contribution in [3.05, 3.63) is 78.9 Å². The van der Waals surface area contributed by atoms with E-state index in [-0.39, 0.29) is 12.5 Å². The number of anilines is 1. The Hall–Kier alpha value is -2.56. The molecule has 1 atom stereocenters. The number of benzene rings is 3. The van der Waals surface area contributed by atoms with Gasteiger partial charge in [-0.1, -0.05) is 61.2 Å². The highest BCUT2D eigenvalue weighted by Gasteiger charge is 2.30. The maximum absolute atomic E-state index is 12.3. The fourth-order valence-corrected chi connectivity index (χ4v) is 3.53. The third-order valence-electron chi connectivity index (χ3n) is 4.99. The van der Waals surface area contributed by atoms with Crippen molar-refractivity contribution in [1.82, 2.24) is 0 Å². The van der Waals surface area contributed by atoms with Gasteiger partial charge in [-0.2, -0.15) is 0 Å². The van der Waals surface area contributed by atoms with Crippen molar-refractivity contribution in [1.29, 1.82) is 0 Å². The first kappa shape index (κ1) is 20.2. The molecule has 0 spiro atoms. The lowest BCUT2D eigenvalue weighted by Crippen LogP contribution is -2.36. The summed E-state index contributed by atoms with van der Waals surface area (Å²) in [5.74, 6) is -0.158. The zero-order valence-electron chi connectivity index (χ0n) is 16.2. The number of rotatable bonds is 7. The Morgan fingerprint density at radius 3 is 1.96 bits per heavy atom. The number of aliphatic hydroxyl groups excluding tert-OH is 1. The second-order valence-electron chi connectivity index (χ2n) is 7.04. The quantitative estimate of drug-likeness (QED) is 0.531. The van der Waals surface area contributed by atoms with E-state index in [0.29, 0.717) is 6.42 Å². The molecule has 4 heteroatoms. The molecule has 0 fully saturated rings. The van der Waals surface area contributed by atoms with E-state index in [1.807, 2.05) is 49.4 Å². The number of nitrogens with one attached hydrogen (secondary N) is 1. The number of aliphatic hydroxyl groups is 1. The molecule has 0 radical (unpaired) electrons. The van der Waals surface area contributed by atoms with Crippen molar-refractivity contribution in [3.63, 3.8) is 0 Å². The Bertz CT molecular complexity index is 902. The lowest BCUT2D eigenvalue weighted by molar-refractivity contribution is -0.127. The molecule has 3 aromatic carbocycles. The van der Waals surface area contributed by atoms with Crippen molar-refractivity contribution in [2.45, 2.75) is 30.1 Å². The summed E-state index contributed by atoms with van der Waals surface area (Å²) in [5, 5.41) is 12.4. The van der Waals surface area contributed by atoms with E-state index in [0.717, 1.165) is 15.5 Å². The first-order chi connectivity index (χ1) is 13.5. The molecule has 3 rings (SSSR count). The number of amides is 1. The van der Waals surface area contributed by atoms with Gasteiger partial charge in [0.25, 0.3) is 0 Å². The SMILES string of the molecule is CC[C@@](C)(CO)C(=O)Nc1ccc(Sc2ccc(-c3ccccc3)cc2)cc1. The Kier molecular flexibility index (Phi) is 6.55. The number of hydrogen-bond donors (Lipinski definition) is 2. The molecule has 3 aromatic rings. The predicted octanol–water partition coefficient (Wildman–Crippen LogP) is 5.85. The van der Waals surface area contributed by atoms with Crippen LogP contribution >= 0.6 is 11.8 Å². The minimum Gasteiger partial charge on any atom is -0.395 e. The Morgan fingerprint density at radius 1 is 0.893 bits per heavy atom. The van der Waals surface area contributed by atoms with Crippen molar-refractivity contribution in [2.75, 3.05) is 11.9 Å². The number of carbonyl (C=O) groups excluding carboxylic acids is 1. The Balaban J connectivity index is 1.64. The molecule has 0 unspecified atom stereocenters. The highest BCUT2D eigenvalue weighted by molar-refractivity contribution is 7.99. The molecule has 2 N–H and O–H groups in total. The van der Waals surface area contributed by atoms with Crippen LogP contribution in [0, 0.1) is 5.41 Å².